The summed E-state index contributed by atoms with van der Waals surface area (Å²) < 4.78 is 85.4. The fraction of sp³-hybridized carbons (Fsp3) is 0.333. The van der Waals surface area contributed by atoms with Crippen LogP contribution in [0.2, 0.25) is 0 Å². The summed E-state index contributed by atoms with van der Waals surface area (Å²) in [7, 11) is -4.62. The average Bonchev–Trinajstić information content (AvgIpc) is 3.11. The van der Waals surface area contributed by atoms with Gasteiger partial charge in [0.2, 0.25) is 10.0 Å². The molecule has 1 fully saturated rings. The molecule has 0 radical (unpaired) electrons. The molecule has 2 aromatic carbocycles. The van der Waals surface area contributed by atoms with Gasteiger partial charge in [-0.2, -0.15) is 28.0 Å². The van der Waals surface area contributed by atoms with E-state index >= 15 is 0 Å². The maximum absolute atomic E-state index is 13.9. The number of nitrogens with zero attached hydrogens (tertiary/aromatic N) is 3. The lowest BCUT2D eigenvalue weighted by Gasteiger charge is -2.31. The number of benzene rings is 2. The predicted octanol–water partition coefficient (Wildman–Crippen LogP) is 2.15. The van der Waals surface area contributed by atoms with E-state index in [2.05, 4.69) is 0 Å². The summed E-state index contributed by atoms with van der Waals surface area (Å²) in [5, 5.41) is 39.2. The quantitative estimate of drug-likeness (QED) is 0.602. The molecule has 3 rings (SSSR count). The zero-order valence-electron chi connectivity index (χ0n) is 17.4. The second kappa shape index (κ2) is 8.85. The van der Waals surface area contributed by atoms with Crippen LogP contribution in [0.25, 0.3) is 0 Å². The Bertz CT molecular complexity index is 1300. The Balaban J connectivity index is 1.97. The van der Waals surface area contributed by atoms with Crippen molar-refractivity contribution in [3.8, 4) is 17.9 Å². The van der Waals surface area contributed by atoms with Gasteiger partial charge in [-0.05, 0) is 37.3 Å². The van der Waals surface area contributed by atoms with Crippen LogP contribution in [0.4, 0.5) is 17.6 Å². The second-order valence-corrected chi connectivity index (χ2v) is 9.55. The molecular weight excluding hydrogens is 482 g/mol. The van der Waals surface area contributed by atoms with E-state index in [9.17, 15) is 41.5 Å². The number of aliphatic hydroxyl groups excluding tert-OH is 1. The fourth-order valence-electron chi connectivity index (χ4n) is 3.50. The number of halogens is 4. The minimum Gasteiger partial charge on any atom is -0.486 e. The molecule has 1 unspecified atom stereocenters. The first kappa shape index (κ1) is 25.4. The Kier molecular flexibility index (Phi) is 6.61. The van der Waals surface area contributed by atoms with E-state index in [1.165, 1.54) is 19.1 Å². The normalized spacial score (nSPS) is 22.1. The minimum atomic E-state index is -4.80. The highest BCUT2D eigenvalue weighted by Crippen LogP contribution is 2.36. The van der Waals surface area contributed by atoms with Gasteiger partial charge in [0.25, 0.3) is 0 Å². The summed E-state index contributed by atoms with van der Waals surface area (Å²) in [4.78, 5) is -0.721. The lowest BCUT2D eigenvalue weighted by atomic mass is 9.94. The summed E-state index contributed by atoms with van der Waals surface area (Å²) in [6.45, 7) is -0.121. The number of rotatable bonds is 5. The van der Waals surface area contributed by atoms with Crippen LogP contribution in [0.1, 0.15) is 23.6 Å². The second-order valence-electron chi connectivity index (χ2n) is 7.65. The molecule has 3 atom stereocenters. The van der Waals surface area contributed by atoms with Crippen molar-refractivity contribution in [2.24, 2.45) is 0 Å². The van der Waals surface area contributed by atoms with Crippen LogP contribution in [0, 0.1) is 28.5 Å². The molecule has 34 heavy (non-hydrogen) atoms. The third-order valence-electron chi connectivity index (χ3n) is 5.46. The number of β-amino-alcohol motifs (C(OH)–C–C–N with tert-alkyl or cyclic N) is 1. The van der Waals surface area contributed by atoms with Crippen LogP contribution >= 0.6 is 0 Å². The van der Waals surface area contributed by atoms with Crippen molar-refractivity contribution in [2.45, 2.75) is 35.8 Å². The van der Waals surface area contributed by atoms with Crippen molar-refractivity contribution in [3.63, 3.8) is 0 Å². The first-order valence-electron chi connectivity index (χ1n) is 9.62. The smallest absolute Gasteiger partial charge is 0.416 e. The molecule has 0 aliphatic carbocycles. The number of aliphatic hydroxyl groups is 2. The maximum atomic E-state index is 13.9. The Labute approximate surface area is 191 Å². The van der Waals surface area contributed by atoms with E-state index in [-0.39, 0.29) is 11.3 Å². The van der Waals surface area contributed by atoms with Crippen LogP contribution in [-0.2, 0) is 16.2 Å². The van der Waals surface area contributed by atoms with E-state index in [0.29, 0.717) is 22.5 Å². The van der Waals surface area contributed by atoms with Gasteiger partial charge in [0.15, 0.2) is 0 Å². The topological polar surface area (TPSA) is 135 Å². The molecule has 8 nitrogen and oxygen atoms in total. The molecule has 180 valence electrons. The maximum Gasteiger partial charge on any atom is 0.416 e. The van der Waals surface area contributed by atoms with Gasteiger partial charge < -0.3 is 14.9 Å². The number of alkyl halides is 3. The predicted molar refractivity (Wildman–Crippen MR) is 107 cm³/mol. The Morgan fingerprint density at radius 2 is 1.82 bits per heavy atom. The summed E-state index contributed by atoms with van der Waals surface area (Å²) in [6.07, 6.45) is -7.76. The molecule has 1 aliphatic heterocycles. The lowest BCUT2D eigenvalue weighted by Crippen LogP contribution is -2.53. The largest absolute Gasteiger partial charge is 0.486 e. The van der Waals surface area contributed by atoms with E-state index < -0.39 is 68.9 Å². The summed E-state index contributed by atoms with van der Waals surface area (Å²) in [5.74, 6) is -1.08. The molecule has 1 heterocycles. The highest BCUT2D eigenvalue weighted by Gasteiger charge is 2.54. The number of nitriles is 2. The summed E-state index contributed by atoms with van der Waals surface area (Å²) in [5.41, 5.74) is -4.43. The Morgan fingerprint density at radius 1 is 1.18 bits per heavy atom. The van der Waals surface area contributed by atoms with E-state index in [0.717, 1.165) is 12.1 Å². The molecule has 2 aromatic rings. The highest BCUT2D eigenvalue weighted by atomic mass is 32.2. The van der Waals surface area contributed by atoms with Crippen LogP contribution in [0.15, 0.2) is 41.3 Å². The average molecular weight is 499 g/mol. The molecule has 0 aromatic heterocycles. The van der Waals surface area contributed by atoms with Crippen molar-refractivity contribution in [3.05, 3.63) is 58.9 Å². The van der Waals surface area contributed by atoms with Gasteiger partial charge in [-0.3, -0.25) is 0 Å². The van der Waals surface area contributed by atoms with Crippen molar-refractivity contribution in [1.29, 1.82) is 10.5 Å². The molecule has 0 spiro atoms. The van der Waals surface area contributed by atoms with Crippen molar-refractivity contribution >= 4 is 10.0 Å². The minimum absolute atomic E-state index is 0.160. The Hall–Kier alpha value is -3.23. The first-order valence-corrected chi connectivity index (χ1v) is 11.1. The van der Waals surface area contributed by atoms with Gasteiger partial charge in [0.1, 0.15) is 35.4 Å². The van der Waals surface area contributed by atoms with Crippen LogP contribution < -0.4 is 4.74 Å². The molecule has 0 amide bonds. The summed E-state index contributed by atoms with van der Waals surface area (Å²) >= 11 is 0. The van der Waals surface area contributed by atoms with Gasteiger partial charge in [0.05, 0.1) is 34.2 Å². The van der Waals surface area contributed by atoms with Crippen molar-refractivity contribution in [1.82, 2.24) is 4.31 Å². The molecular formula is C21H17F4N3O5S. The lowest BCUT2D eigenvalue weighted by molar-refractivity contribution is -0.137. The number of sulfonamides is 1. The van der Waals surface area contributed by atoms with Gasteiger partial charge in [-0.25, -0.2) is 12.8 Å². The van der Waals surface area contributed by atoms with E-state index in [4.69, 9.17) is 10.00 Å². The van der Waals surface area contributed by atoms with Gasteiger partial charge in [0, 0.05) is 12.6 Å². The van der Waals surface area contributed by atoms with Crippen LogP contribution in [0.5, 0.6) is 5.75 Å². The zero-order valence-corrected chi connectivity index (χ0v) is 18.2. The first-order chi connectivity index (χ1) is 15.7. The Morgan fingerprint density at radius 3 is 2.35 bits per heavy atom. The monoisotopic (exact) mass is 499 g/mol. The number of hydrogen-bond acceptors (Lipinski definition) is 7. The molecule has 13 heteroatoms. The molecule has 0 saturated carbocycles. The fourth-order valence-corrected chi connectivity index (χ4v) is 5.11. The van der Waals surface area contributed by atoms with Gasteiger partial charge in [-0.1, -0.05) is 0 Å². The van der Waals surface area contributed by atoms with E-state index in [1.54, 1.807) is 6.07 Å². The van der Waals surface area contributed by atoms with Gasteiger partial charge >= 0.3 is 6.18 Å². The molecule has 2 N–H and O–H groups in total. The van der Waals surface area contributed by atoms with Crippen LogP contribution in [-0.4, -0.2) is 53.8 Å². The van der Waals surface area contributed by atoms with Crippen LogP contribution in [0.3, 0.4) is 0 Å². The molecule has 1 saturated heterocycles. The molecule has 0 bridgehead atoms. The highest BCUT2D eigenvalue weighted by molar-refractivity contribution is 7.89. The zero-order chi connectivity index (χ0) is 25.5. The standard InChI is InChI=1S/C21H17F4N3O5S/c1-12(29)20(30)11-28(10-19(20)33-16-4-2-13(8-26)17(22)7-16)34(31,32)18-5-3-15(21(23,24)25)6-14(18)9-27/h2-7,12,19,29-30H,10-11H2,1H3/t12-,19+,20?/m1/s1. The van der Waals surface area contributed by atoms with Gasteiger partial charge in [-0.15, -0.1) is 0 Å². The summed E-state index contributed by atoms with van der Waals surface area (Å²) in [6, 6.07) is 7.77. The van der Waals surface area contributed by atoms with E-state index in [1.807, 2.05) is 0 Å². The number of ether oxygens (including phenoxy) is 1. The number of hydrogen-bond donors (Lipinski definition) is 2. The molecule has 1 aliphatic rings. The third-order valence-corrected chi connectivity index (χ3v) is 7.33. The third kappa shape index (κ3) is 4.56. The van der Waals surface area contributed by atoms with Crippen molar-refractivity contribution < 1.29 is 40.9 Å². The van der Waals surface area contributed by atoms with Crippen molar-refractivity contribution in [2.75, 3.05) is 13.1 Å². The SMILES string of the molecule is C[C@@H](O)C1(O)CN(S(=O)(=O)c2ccc(C(F)(F)F)cc2C#N)C[C@@H]1Oc1ccc(C#N)c(F)c1.